The van der Waals surface area contributed by atoms with Crippen LogP contribution < -0.4 is 4.74 Å². The number of aromatic nitrogens is 1. The van der Waals surface area contributed by atoms with Crippen molar-refractivity contribution in [3.8, 4) is 5.75 Å². The van der Waals surface area contributed by atoms with Crippen molar-refractivity contribution in [2.24, 2.45) is 0 Å². The van der Waals surface area contributed by atoms with Crippen LogP contribution in [0.3, 0.4) is 0 Å². The van der Waals surface area contributed by atoms with Crippen LogP contribution in [0, 0.1) is 0 Å². The summed E-state index contributed by atoms with van der Waals surface area (Å²) < 4.78 is 43.0. The van der Waals surface area contributed by atoms with Gasteiger partial charge >= 0.3 is 6.18 Å². The Morgan fingerprint density at radius 2 is 2.06 bits per heavy atom. The summed E-state index contributed by atoms with van der Waals surface area (Å²) in [6.45, 7) is 0. The fraction of sp³-hybridized carbons (Fsp3) is 0.182. The lowest BCUT2D eigenvalue weighted by Crippen LogP contribution is -2.08. The van der Waals surface area contributed by atoms with E-state index in [0.29, 0.717) is 0 Å². The maximum absolute atomic E-state index is 12.7. The molecule has 0 aliphatic heterocycles. The van der Waals surface area contributed by atoms with Crippen molar-refractivity contribution in [3.05, 3.63) is 29.5 Å². The lowest BCUT2D eigenvalue weighted by Gasteiger charge is -2.03. The van der Waals surface area contributed by atoms with Gasteiger partial charge in [0, 0.05) is 5.39 Å². The summed E-state index contributed by atoms with van der Waals surface area (Å²) in [5.41, 5.74) is -1.28. The molecule has 3 nitrogen and oxygen atoms in total. The number of fused-ring (bicyclic) bond motifs is 1. The van der Waals surface area contributed by atoms with Crippen molar-refractivity contribution in [3.63, 3.8) is 0 Å². The Balaban J connectivity index is 2.84. The molecule has 1 aromatic heterocycles. The number of hydrogen-bond donors (Lipinski definition) is 1. The second-order valence-corrected chi connectivity index (χ2v) is 3.41. The lowest BCUT2D eigenvalue weighted by molar-refractivity contribution is -0.140. The number of rotatable bonds is 2. The third kappa shape index (κ3) is 1.75. The van der Waals surface area contributed by atoms with Crippen molar-refractivity contribution < 1.29 is 22.7 Å². The van der Waals surface area contributed by atoms with Crippen molar-refractivity contribution in [2.45, 2.75) is 6.18 Å². The third-order valence-corrected chi connectivity index (χ3v) is 2.46. The van der Waals surface area contributed by atoms with Gasteiger partial charge in [-0.1, -0.05) is 12.1 Å². The first-order chi connectivity index (χ1) is 7.99. The number of ether oxygens (including phenoxy) is 1. The number of hydrogen-bond acceptors (Lipinski definition) is 2. The maximum atomic E-state index is 12.7. The van der Waals surface area contributed by atoms with Gasteiger partial charge in [-0.2, -0.15) is 13.2 Å². The molecule has 1 heterocycles. The smallest absolute Gasteiger partial charge is 0.431 e. The molecule has 0 atom stereocenters. The van der Waals surface area contributed by atoms with E-state index in [1.54, 1.807) is 0 Å². The Bertz CT molecular complexity index is 572. The number of halogens is 3. The molecule has 0 unspecified atom stereocenters. The summed E-state index contributed by atoms with van der Waals surface area (Å²) >= 11 is 0. The zero-order valence-corrected chi connectivity index (χ0v) is 8.76. The number of carbonyl (C=O) groups excluding carboxylic acids is 1. The van der Waals surface area contributed by atoms with Gasteiger partial charge < -0.3 is 9.72 Å². The van der Waals surface area contributed by atoms with E-state index in [0.717, 1.165) is 0 Å². The highest BCUT2D eigenvalue weighted by molar-refractivity contribution is 6.01. The number of aldehydes is 1. The van der Waals surface area contributed by atoms with Gasteiger partial charge in [0.2, 0.25) is 0 Å². The van der Waals surface area contributed by atoms with Crippen LogP contribution in [-0.2, 0) is 6.18 Å². The van der Waals surface area contributed by atoms with Gasteiger partial charge in [-0.05, 0) is 6.07 Å². The van der Waals surface area contributed by atoms with Gasteiger partial charge in [-0.25, -0.2) is 0 Å². The van der Waals surface area contributed by atoms with Gasteiger partial charge in [-0.15, -0.1) is 0 Å². The number of benzene rings is 1. The molecular formula is C11H8F3NO2. The number of para-hydroxylation sites is 1. The average Bonchev–Trinajstić information content (AvgIpc) is 2.66. The summed E-state index contributed by atoms with van der Waals surface area (Å²) in [6, 6.07) is 4.49. The number of methoxy groups -OCH3 is 1. The predicted molar refractivity (Wildman–Crippen MR) is 55.2 cm³/mol. The van der Waals surface area contributed by atoms with Crippen LogP contribution in [0.2, 0.25) is 0 Å². The topological polar surface area (TPSA) is 42.1 Å². The van der Waals surface area contributed by atoms with E-state index in [4.69, 9.17) is 4.74 Å². The highest BCUT2D eigenvalue weighted by Crippen LogP contribution is 2.37. The molecule has 6 heteroatoms. The number of alkyl halides is 3. The molecule has 0 fully saturated rings. The molecule has 0 saturated carbocycles. The van der Waals surface area contributed by atoms with E-state index >= 15 is 0 Å². The third-order valence-electron chi connectivity index (χ3n) is 2.46. The minimum atomic E-state index is -4.60. The first kappa shape index (κ1) is 11.5. The van der Waals surface area contributed by atoms with E-state index in [-0.39, 0.29) is 22.9 Å². The quantitative estimate of drug-likeness (QED) is 0.824. The molecule has 2 aromatic rings. The minimum absolute atomic E-state index is 0.171. The minimum Gasteiger partial charge on any atom is -0.495 e. The molecule has 0 radical (unpaired) electrons. The molecule has 90 valence electrons. The lowest BCUT2D eigenvalue weighted by atomic mass is 10.1. The fourth-order valence-corrected chi connectivity index (χ4v) is 1.73. The van der Waals surface area contributed by atoms with Crippen LogP contribution in [0.15, 0.2) is 18.2 Å². The predicted octanol–water partition coefficient (Wildman–Crippen LogP) is 3.01. The highest BCUT2D eigenvalue weighted by Gasteiger charge is 2.36. The molecule has 0 aliphatic carbocycles. The molecule has 0 spiro atoms. The van der Waals surface area contributed by atoms with Gasteiger partial charge in [0.25, 0.3) is 0 Å². The molecule has 0 bridgehead atoms. The maximum Gasteiger partial charge on any atom is 0.431 e. The second kappa shape index (κ2) is 3.80. The van der Waals surface area contributed by atoms with Crippen LogP contribution in [-0.4, -0.2) is 18.4 Å². The zero-order valence-electron chi connectivity index (χ0n) is 8.76. The Morgan fingerprint density at radius 3 is 2.59 bits per heavy atom. The number of H-pyrrole nitrogens is 1. The number of carbonyl (C=O) groups is 1. The van der Waals surface area contributed by atoms with E-state index < -0.39 is 17.4 Å². The average molecular weight is 243 g/mol. The second-order valence-electron chi connectivity index (χ2n) is 3.41. The van der Waals surface area contributed by atoms with Gasteiger partial charge in [0.05, 0.1) is 18.2 Å². The van der Waals surface area contributed by atoms with E-state index in [9.17, 15) is 18.0 Å². The van der Waals surface area contributed by atoms with Gasteiger partial charge in [-0.3, -0.25) is 4.79 Å². The molecule has 1 N–H and O–H groups in total. The van der Waals surface area contributed by atoms with Crippen LogP contribution in [0.25, 0.3) is 10.9 Å². The molecule has 0 aliphatic rings. The van der Waals surface area contributed by atoms with Gasteiger partial charge in [0.15, 0.2) is 6.29 Å². The Morgan fingerprint density at radius 1 is 1.35 bits per heavy atom. The van der Waals surface area contributed by atoms with Crippen molar-refractivity contribution in [1.29, 1.82) is 0 Å². The van der Waals surface area contributed by atoms with Crippen LogP contribution in [0.4, 0.5) is 13.2 Å². The Hall–Kier alpha value is -1.98. The van der Waals surface area contributed by atoms with Crippen molar-refractivity contribution in [1.82, 2.24) is 4.98 Å². The summed E-state index contributed by atoms with van der Waals surface area (Å²) in [7, 11) is 1.35. The number of nitrogens with one attached hydrogen (secondary N) is 1. The molecule has 2 rings (SSSR count). The molecule has 0 saturated heterocycles. The monoisotopic (exact) mass is 243 g/mol. The highest BCUT2D eigenvalue weighted by atomic mass is 19.4. The largest absolute Gasteiger partial charge is 0.495 e. The summed E-state index contributed by atoms with van der Waals surface area (Å²) in [5.74, 6) is 0.265. The Kier molecular flexibility index (Phi) is 2.57. The van der Waals surface area contributed by atoms with E-state index in [1.165, 1.54) is 25.3 Å². The molecular weight excluding hydrogens is 235 g/mol. The summed E-state index contributed by atoms with van der Waals surface area (Å²) in [5, 5.41) is 0.201. The first-order valence-corrected chi connectivity index (χ1v) is 4.70. The van der Waals surface area contributed by atoms with Crippen molar-refractivity contribution >= 4 is 17.2 Å². The zero-order chi connectivity index (χ0) is 12.6. The molecule has 1 aromatic carbocycles. The Labute approximate surface area is 94.2 Å². The van der Waals surface area contributed by atoms with Crippen LogP contribution in [0.1, 0.15) is 16.1 Å². The number of aromatic amines is 1. The molecule has 17 heavy (non-hydrogen) atoms. The first-order valence-electron chi connectivity index (χ1n) is 4.70. The summed E-state index contributed by atoms with van der Waals surface area (Å²) in [4.78, 5) is 13.0. The van der Waals surface area contributed by atoms with E-state index in [2.05, 4.69) is 4.98 Å². The summed E-state index contributed by atoms with van der Waals surface area (Å²) in [6.07, 6.45) is -4.40. The van der Waals surface area contributed by atoms with E-state index in [1.807, 2.05) is 0 Å². The standard InChI is InChI=1S/C11H8F3NO2/c1-17-8-4-2-3-6-7(5-16)10(11(12,13)14)15-9(6)8/h2-5,15H,1H3. The van der Waals surface area contributed by atoms with Crippen LogP contribution >= 0.6 is 0 Å². The fourth-order valence-electron chi connectivity index (χ4n) is 1.73. The van der Waals surface area contributed by atoms with Crippen molar-refractivity contribution in [2.75, 3.05) is 7.11 Å². The van der Waals surface area contributed by atoms with Gasteiger partial charge in [0.1, 0.15) is 11.4 Å². The molecule has 0 amide bonds. The SMILES string of the molecule is COc1cccc2c(C=O)c(C(F)(F)F)[nH]c12. The van der Waals surface area contributed by atoms with Crippen LogP contribution in [0.5, 0.6) is 5.75 Å². The normalized spacial score (nSPS) is 11.8.